The molecule has 0 aromatic rings. The van der Waals surface area contributed by atoms with Crippen molar-refractivity contribution >= 4 is 6.09 Å². The molecule has 0 heterocycles. The maximum absolute atomic E-state index is 11.7. The molecule has 1 N–H and O–H groups in total. The van der Waals surface area contributed by atoms with E-state index in [-0.39, 0.29) is 6.09 Å². The van der Waals surface area contributed by atoms with Gasteiger partial charge in [-0.25, -0.2) is 4.79 Å². The molecule has 3 heteroatoms. The second-order valence-corrected chi connectivity index (χ2v) is 6.27. The zero-order chi connectivity index (χ0) is 11.8. The topological polar surface area (TPSA) is 38.3 Å². The number of fused-ring (bicyclic) bond motifs is 3. The van der Waals surface area contributed by atoms with Gasteiger partial charge in [-0.2, -0.15) is 0 Å². The summed E-state index contributed by atoms with van der Waals surface area (Å²) in [6.07, 6.45) is 6.19. The second-order valence-electron chi connectivity index (χ2n) is 6.27. The average Bonchev–Trinajstić information content (AvgIpc) is 2.16. The largest absolute Gasteiger partial charge is 0.444 e. The molecule has 3 nitrogen and oxygen atoms in total. The van der Waals surface area contributed by atoms with Crippen LogP contribution < -0.4 is 5.32 Å². The van der Waals surface area contributed by atoms with E-state index in [4.69, 9.17) is 4.74 Å². The van der Waals surface area contributed by atoms with E-state index < -0.39 is 5.60 Å². The molecule has 0 aromatic heterocycles. The van der Waals surface area contributed by atoms with E-state index in [2.05, 4.69) is 5.32 Å². The first-order valence-corrected chi connectivity index (χ1v) is 6.43. The van der Waals surface area contributed by atoms with Crippen molar-refractivity contribution in [1.29, 1.82) is 0 Å². The molecule has 0 aromatic carbocycles. The van der Waals surface area contributed by atoms with Crippen molar-refractivity contribution < 1.29 is 9.53 Å². The Bertz CT molecular complexity index is 262. The zero-order valence-corrected chi connectivity index (χ0v) is 10.6. The smallest absolute Gasteiger partial charge is 0.407 e. The monoisotopic (exact) mass is 225 g/mol. The SMILES string of the molecule is CC(C)(C)OC(=O)NC1CC2CCC1CC2. The number of carbonyl (C=O) groups is 1. The summed E-state index contributed by atoms with van der Waals surface area (Å²) in [6, 6.07) is 0.363. The van der Waals surface area contributed by atoms with E-state index in [1.807, 2.05) is 20.8 Å². The van der Waals surface area contributed by atoms with Gasteiger partial charge >= 0.3 is 6.09 Å². The fourth-order valence-electron chi connectivity index (χ4n) is 3.01. The molecule has 92 valence electrons. The molecule has 0 saturated heterocycles. The lowest BCUT2D eigenvalue weighted by molar-refractivity contribution is 0.0402. The molecule has 3 aliphatic rings. The molecule has 1 amide bonds. The highest BCUT2D eigenvalue weighted by Crippen LogP contribution is 2.41. The van der Waals surface area contributed by atoms with E-state index in [1.165, 1.54) is 25.7 Å². The average molecular weight is 225 g/mol. The minimum absolute atomic E-state index is 0.245. The molecule has 2 bridgehead atoms. The molecule has 1 atom stereocenters. The summed E-state index contributed by atoms with van der Waals surface area (Å²) in [7, 11) is 0. The lowest BCUT2D eigenvalue weighted by atomic mass is 9.68. The number of hydrogen-bond donors (Lipinski definition) is 1. The molecule has 0 radical (unpaired) electrons. The predicted molar refractivity (Wildman–Crippen MR) is 63.2 cm³/mol. The first-order valence-electron chi connectivity index (χ1n) is 6.43. The summed E-state index contributed by atoms with van der Waals surface area (Å²) in [5, 5.41) is 3.05. The van der Waals surface area contributed by atoms with Gasteiger partial charge in [0.15, 0.2) is 0 Å². The summed E-state index contributed by atoms with van der Waals surface area (Å²) < 4.78 is 5.30. The fraction of sp³-hybridized carbons (Fsp3) is 0.923. The minimum atomic E-state index is -0.391. The van der Waals surface area contributed by atoms with Gasteiger partial charge in [0.25, 0.3) is 0 Å². The Hall–Kier alpha value is -0.730. The molecule has 3 fully saturated rings. The maximum atomic E-state index is 11.7. The number of amides is 1. The number of nitrogens with one attached hydrogen (secondary N) is 1. The normalized spacial score (nSPS) is 33.6. The van der Waals surface area contributed by atoms with Crippen molar-refractivity contribution in [2.24, 2.45) is 11.8 Å². The summed E-state index contributed by atoms with van der Waals surface area (Å²) in [6.45, 7) is 5.71. The van der Waals surface area contributed by atoms with Crippen molar-refractivity contribution in [2.75, 3.05) is 0 Å². The first-order chi connectivity index (χ1) is 7.44. The van der Waals surface area contributed by atoms with Gasteiger partial charge in [-0.1, -0.05) is 12.8 Å². The van der Waals surface area contributed by atoms with E-state index in [1.54, 1.807) is 0 Å². The van der Waals surface area contributed by atoms with Crippen molar-refractivity contribution in [3.05, 3.63) is 0 Å². The number of hydrogen-bond acceptors (Lipinski definition) is 2. The van der Waals surface area contributed by atoms with Crippen LogP contribution >= 0.6 is 0 Å². The maximum Gasteiger partial charge on any atom is 0.407 e. The fourth-order valence-corrected chi connectivity index (χ4v) is 3.01. The number of alkyl carbamates (subject to hydrolysis) is 1. The van der Waals surface area contributed by atoms with Gasteiger partial charge in [0.2, 0.25) is 0 Å². The van der Waals surface area contributed by atoms with Gasteiger partial charge < -0.3 is 10.1 Å². The van der Waals surface area contributed by atoms with Crippen LogP contribution in [0.4, 0.5) is 4.79 Å². The minimum Gasteiger partial charge on any atom is -0.444 e. The van der Waals surface area contributed by atoms with Crippen molar-refractivity contribution in [3.63, 3.8) is 0 Å². The summed E-state index contributed by atoms with van der Waals surface area (Å²) >= 11 is 0. The number of carbonyl (C=O) groups excluding carboxylic acids is 1. The van der Waals surface area contributed by atoms with Gasteiger partial charge in [0.05, 0.1) is 0 Å². The second kappa shape index (κ2) is 4.27. The molecule has 3 aliphatic carbocycles. The molecule has 3 rings (SSSR count). The molecule has 16 heavy (non-hydrogen) atoms. The highest BCUT2D eigenvalue weighted by atomic mass is 16.6. The summed E-state index contributed by atoms with van der Waals surface area (Å²) in [5.74, 6) is 1.53. The molecular weight excluding hydrogens is 202 g/mol. The summed E-state index contributed by atoms with van der Waals surface area (Å²) in [4.78, 5) is 11.7. The molecular formula is C13H23NO2. The van der Waals surface area contributed by atoms with Crippen LogP contribution in [0.5, 0.6) is 0 Å². The Balaban J connectivity index is 1.83. The van der Waals surface area contributed by atoms with E-state index in [0.29, 0.717) is 12.0 Å². The van der Waals surface area contributed by atoms with Crippen LogP contribution in [0, 0.1) is 11.8 Å². The number of ether oxygens (including phenoxy) is 1. The standard InChI is InChI=1S/C13H23NO2/c1-13(2,3)16-12(15)14-11-8-9-4-6-10(11)7-5-9/h9-11H,4-8H2,1-3H3,(H,14,15). The van der Waals surface area contributed by atoms with Gasteiger partial charge in [-0.05, 0) is 51.9 Å². The molecule has 3 saturated carbocycles. The first kappa shape index (κ1) is 11.7. The molecule has 0 aliphatic heterocycles. The van der Waals surface area contributed by atoms with Crippen LogP contribution in [0.15, 0.2) is 0 Å². The van der Waals surface area contributed by atoms with Crippen LogP contribution in [0.25, 0.3) is 0 Å². The van der Waals surface area contributed by atoms with Crippen LogP contribution in [0.3, 0.4) is 0 Å². The Morgan fingerprint density at radius 1 is 1.19 bits per heavy atom. The Morgan fingerprint density at radius 2 is 1.81 bits per heavy atom. The highest BCUT2D eigenvalue weighted by molar-refractivity contribution is 5.68. The van der Waals surface area contributed by atoms with Crippen molar-refractivity contribution in [1.82, 2.24) is 5.32 Å². The Morgan fingerprint density at radius 3 is 2.25 bits per heavy atom. The third-order valence-corrected chi connectivity index (χ3v) is 3.75. The Kier molecular flexibility index (Phi) is 3.13. The molecule has 1 unspecified atom stereocenters. The zero-order valence-electron chi connectivity index (χ0n) is 10.6. The molecule has 0 spiro atoms. The van der Waals surface area contributed by atoms with Crippen molar-refractivity contribution in [3.8, 4) is 0 Å². The third kappa shape index (κ3) is 2.89. The lowest BCUT2D eigenvalue weighted by Crippen LogP contribution is -2.48. The van der Waals surface area contributed by atoms with Gasteiger partial charge in [-0.15, -0.1) is 0 Å². The van der Waals surface area contributed by atoms with Gasteiger partial charge in [0.1, 0.15) is 5.60 Å². The Labute approximate surface area is 97.9 Å². The lowest BCUT2D eigenvalue weighted by Gasteiger charge is -2.42. The van der Waals surface area contributed by atoms with E-state index in [0.717, 1.165) is 12.3 Å². The van der Waals surface area contributed by atoms with E-state index >= 15 is 0 Å². The quantitative estimate of drug-likeness (QED) is 0.744. The highest BCUT2D eigenvalue weighted by Gasteiger charge is 2.36. The van der Waals surface area contributed by atoms with Crippen LogP contribution in [-0.2, 0) is 4.74 Å². The number of rotatable bonds is 1. The van der Waals surface area contributed by atoms with Crippen LogP contribution in [-0.4, -0.2) is 17.7 Å². The summed E-state index contributed by atoms with van der Waals surface area (Å²) in [5.41, 5.74) is -0.391. The van der Waals surface area contributed by atoms with Gasteiger partial charge in [0, 0.05) is 6.04 Å². The third-order valence-electron chi connectivity index (χ3n) is 3.75. The van der Waals surface area contributed by atoms with Crippen molar-refractivity contribution in [2.45, 2.75) is 64.5 Å². The van der Waals surface area contributed by atoms with Crippen LogP contribution in [0.2, 0.25) is 0 Å². The van der Waals surface area contributed by atoms with Crippen LogP contribution in [0.1, 0.15) is 52.9 Å². The van der Waals surface area contributed by atoms with E-state index in [9.17, 15) is 4.79 Å². The van der Waals surface area contributed by atoms with Gasteiger partial charge in [-0.3, -0.25) is 0 Å². The predicted octanol–water partition coefficient (Wildman–Crippen LogP) is 3.09.